The zero-order chi connectivity index (χ0) is 37.8. The second-order valence-corrected chi connectivity index (χ2v) is 17.3. The fraction of sp³-hybridized carbons (Fsp3) is 0.722. The van der Waals surface area contributed by atoms with Gasteiger partial charge in [-0.05, 0) is 50.9 Å². The van der Waals surface area contributed by atoms with E-state index in [9.17, 15) is 32.7 Å². The zero-order valence-corrected chi connectivity index (χ0v) is 31.1. The average Bonchev–Trinajstić information content (AvgIpc) is 3.43. The molecule has 1 spiro atoms. The Morgan fingerprint density at radius 3 is 2.45 bits per heavy atom. The van der Waals surface area contributed by atoms with Crippen molar-refractivity contribution in [3.63, 3.8) is 0 Å². The number of piperidine rings is 1. The summed E-state index contributed by atoms with van der Waals surface area (Å²) in [4.78, 5) is 60.8. The van der Waals surface area contributed by atoms with Crippen LogP contribution in [0.4, 0.5) is 19.0 Å². The van der Waals surface area contributed by atoms with Crippen LogP contribution in [0.15, 0.2) is 24.0 Å². The van der Waals surface area contributed by atoms with Crippen LogP contribution in [-0.4, -0.2) is 125 Å². The molecule has 5 heterocycles. The summed E-state index contributed by atoms with van der Waals surface area (Å²) in [6, 6.07) is -1.15. The van der Waals surface area contributed by atoms with Crippen molar-refractivity contribution in [2.45, 2.75) is 83.9 Å². The van der Waals surface area contributed by atoms with Crippen molar-refractivity contribution in [2.24, 2.45) is 28.1 Å². The van der Waals surface area contributed by atoms with Crippen LogP contribution < -0.4 is 10.2 Å². The smallest absolute Gasteiger partial charge is 0.396 e. The molecule has 5 atom stereocenters. The number of halogens is 3. The lowest BCUT2D eigenvalue weighted by molar-refractivity contribution is -0.345. The van der Waals surface area contributed by atoms with Crippen molar-refractivity contribution in [1.82, 2.24) is 30.1 Å². The van der Waals surface area contributed by atoms with E-state index in [-0.39, 0.29) is 68.8 Å². The number of likely N-dealkylation sites (tertiary alicyclic amines) is 2. The zero-order valence-electron chi connectivity index (χ0n) is 30.3. The predicted octanol–water partition coefficient (Wildman–Crippen LogP) is 3.53. The molecule has 1 unspecified atom stereocenters. The molecule has 7 rings (SSSR count). The average molecular weight is 764 g/mol. The maximum atomic E-state index is 14.6. The van der Waals surface area contributed by atoms with Crippen molar-refractivity contribution >= 4 is 45.2 Å². The number of amides is 3. The molecule has 290 valence electrons. The number of alkyl halides is 3. The number of allylic oxidation sites excluding steroid dienone is 2. The molecule has 3 saturated heterocycles. The molecule has 0 aromatic carbocycles. The number of nitrogens with zero attached hydrogens (tertiary/aromatic N) is 6. The number of hydrogen-bond donors (Lipinski definition) is 2. The van der Waals surface area contributed by atoms with Crippen LogP contribution in [0.2, 0.25) is 0 Å². The molecule has 0 bridgehead atoms. The van der Waals surface area contributed by atoms with Gasteiger partial charge in [-0.1, -0.05) is 26.0 Å². The number of aliphatic hydroxyl groups is 1. The number of aliphatic hydroxyl groups excluding tert-OH is 1. The highest BCUT2D eigenvalue weighted by molar-refractivity contribution is 7.17. The van der Waals surface area contributed by atoms with Crippen molar-refractivity contribution < 1.29 is 42.1 Å². The summed E-state index contributed by atoms with van der Waals surface area (Å²) in [6.45, 7) is 7.46. The minimum absolute atomic E-state index is 0.00550. The molecule has 2 N–H and O–H groups in total. The first-order valence-corrected chi connectivity index (χ1v) is 19.3. The second-order valence-electron chi connectivity index (χ2n) is 16.4. The van der Waals surface area contributed by atoms with Crippen LogP contribution >= 0.6 is 11.3 Å². The van der Waals surface area contributed by atoms with Crippen molar-refractivity contribution in [1.29, 1.82) is 0 Å². The summed E-state index contributed by atoms with van der Waals surface area (Å²) in [5, 5.41) is 13.3. The maximum absolute atomic E-state index is 14.6. The minimum atomic E-state index is -4.77. The van der Waals surface area contributed by atoms with Gasteiger partial charge in [0.05, 0.1) is 36.9 Å². The summed E-state index contributed by atoms with van der Waals surface area (Å²) in [5.41, 5.74) is 1.07. The highest BCUT2D eigenvalue weighted by Gasteiger charge is 2.62. The third kappa shape index (κ3) is 7.76. The molecule has 5 aliphatic rings. The van der Waals surface area contributed by atoms with Gasteiger partial charge in [0.15, 0.2) is 11.5 Å². The van der Waals surface area contributed by atoms with E-state index in [0.717, 1.165) is 17.5 Å². The Morgan fingerprint density at radius 2 is 1.81 bits per heavy atom. The van der Waals surface area contributed by atoms with Crippen LogP contribution in [0, 0.1) is 28.1 Å². The molecule has 0 radical (unpaired) electrons. The SMILES string of the molecule is C[C@@H](OCC1(CO)CC=CCC1)[C@H](NC(=O)[C@@H]1CN(c2ncnc3ncsc23)CC12CN(C(=O)[C@H]1CC1(C)C)C2)C(=O)N1CCC(OC(F)(F)F)CC1. The quantitative estimate of drug-likeness (QED) is 0.326. The first-order chi connectivity index (χ1) is 25.1. The summed E-state index contributed by atoms with van der Waals surface area (Å²) in [5.74, 6) is -0.751. The van der Waals surface area contributed by atoms with E-state index in [1.54, 1.807) is 12.4 Å². The van der Waals surface area contributed by atoms with Gasteiger partial charge in [-0.3, -0.25) is 19.1 Å². The van der Waals surface area contributed by atoms with E-state index in [0.29, 0.717) is 43.9 Å². The minimum Gasteiger partial charge on any atom is -0.396 e. The Balaban J connectivity index is 1.12. The number of nitrogens with one attached hydrogen (secondary N) is 1. The molecule has 13 nitrogen and oxygen atoms in total. The van der Waals surface area contributed by atoms with Gasteiger partial charge in [0.25, 0.3) is 0 Å². The van der Waals surface area contributed by atoms with Crippen molar-refractivity contribution in [2.75, 3.05) is 57.4 Å². The first kappa shape index (κ1) is 37.9. The van der Waals surface area contributed by atoms with Gasteiger partial charge >= 0.3 is 6.36 Å². The number of ether oxygens (including phenoxy) is 2. The predicted molar refractivity (Wildman–Crippen MR) is 188 cm³/mol. The Labute approximate surface area is 310 Å². The van der Waals surface area contributed by atoms with Crippen molar-refractivity contribution in [3.05, 3.63) is 24.0 Å². The summed E-state index contributed by atoms with van der Waals surface area (Å²) < 4.78 is 50.1. The highest BCUT2D eigenvalue weighted by atomic mass is 32.1. The van der Waals surface area contributed by atoms with E-state index in [2.05, 4.69) is 44.9 Å². The molecule has 3 amide bonds. The number of carbonyl (C=O) groups excluding carboxylic acids is 3. The number of aromatic nitrogens is 3. The lowest BCUT2D eigenvalue weighted by Crippen LogP contribution is -2.65. The number of rotatable bonds is 11. The van der Waals surface area contributed by atoms with Crippen LogP contribution in [-0.2, 0) is 23.9 Å². The first-order valence-electron chi connectivity index (χ1n) is 18.4. The molecule has 17 heteroatoms. The van der Waals surface area contributed by atoms with Crippen LogP contribution in [0.25, 0.3) is 10.3 Å². The van der Waals surface area contributed by atoms with E-state index < -0.39 is 47.3 Å². The summed E-state index contributed by atoms with van der Waals surface area (Å²) in [7, 11) is 0. The highest BCUT2D eigenvalue weighted by Crippen LogP contribution is 2.55. The number of anilines is 1. The fourth-order valence-corrected chi connectivity index (χ4v) is 9.33. The van der Waals surface area contributed by atoms with Gasteiger partial charge in [0, 0.05) is 56.0 Å². The molecular weight excluding hydrogens is 716 g/mol. The Hall–Kier alpha value is -3.41. The lowest BCUT2D eigenvalue weighted by atomic mass is 9.70. The van der Waals surface area contributed by atoms with Crippen LogP contribution in [0.1, 0.15) is 59.3 Å². The third-order valence-electron chi connectivity index (χ3n) is 12.1. The van der Waals surface area contributed by atoms with Gasteiger partial charge in [0.1, 0.15) is 17.1 Å². The molecule has 3 aliphatic heterocycles. The van der Waals surface area contributed by atoms with Gasteiger partial charge in [0.2, 0.25) is 17.7 Å². The molecule has 1 saturated carbocycles. The van der Waals surface area contributed by atoms with E-state index in [1.165, 1.54) is 22.6 Å². The van der Waals surface area contributed by atoms with Gasteiger partial charge < -0.3 is 29.9 Å². The Morgan fingerprint density at radius 1 is 1.08 bits per heavy atom. The van der Waals surface area contributed by atoms with Gasteiger partial charge in [-0.2, -0.15) is 0 Å². The molecule has 2 aliphatic carbocycles. The topological polar surface area (TPSA) is 150 Å². The second kappa shape index (κ2) is 14.3. The normalized spacial score (nSPS) is 27.9. The largest absolute Gasteiger partial charge is 0.522 e. The van der Waals surface area contributed by atoms with Gasteiger partial charge in [-0.25, -0.2) is 15.0 Å². The molecule has 2 aromatic rings. The van der Waals surface area contributed by atoms with E-state index in [4.69, 9.17) is 4.74 Å². The molecule has 53 heavy (non-hydrogen) atoms. The Kier molecular flexibility index (Phi) is 10.3. The fourth-order valence-electron chi connectivity index (χ4n) is 8.58. The van der Waals surface area contributed by atoms with Gasteiger partial charge in [-0.15, -0.1) is 24.5 Å². The number of thiazole rings is 1. The van der Waals surface area contributed by atoms with Crippen LogP contribution in [0.5, 0.6) is 0 Å². The maximum Gasteiger partial charge on any atom is 0.522 e. The molecule has 2 aromatic heterocycles. The van der Waals surface area contributed by atoms with Crippen LogP contribution in [0.3, 0.4) is 0 Å². The van der Waals surface area contributed by atoms with E-state index in [1.807, 2.05) is 15.9 Å². The number of carbonyl (C=O) groups is 3. The Bertz CT molecular complexity index is 1730. The van der Waals surface area contributed by atoms with Crippen molar-refractivity contribution in [3.8, 4) is 0 Å². The monoisotopic (exact) mass is 763 g/mol. The number of hydrogen-bond acceptors (Lipinski definition) is 11. The standard InChI is InChI=1S/C36H48F3N7O6S/c1-22(51-19-34(18-47)9-5-4-6-10-34)26(32(50)44-11-7-23(8-12-44)52-36(37,38)39)43-30(48)25-14-45(29-27-28(40-20-41-29)42-21-53-27)15-35(25)16-46(17-35)31(49)24-13-33(24,2)3/h4-5,20-26,47H,6-19H2,1-3H3,(H,43,48)/t22-,24-,25+,26+,34?/m1/s1. The molecular formula is C36H48F3N7O6S. The molecule has 4 fully saturated rings. The lowest BCUT2D eigenvalue weighted by Gasteiger charge is -2.50. The third-order valence-corrected chi connectivity index (χ3v) is 13.0. The summed E-state index contributed by atoms with van der Waals surface area (Å²) in [6.07, 6.45) is 1.75. The number of fused-ring (bicyclic) bond motifs is 1. The summed E-state index contributed by atoms with van der Waals surface area (Å²) >= 11 is 1.41. The van der Waals surface area contributed by atoms with E-state index >= 15 is 0 Å².